The number of nitrogens with two attached hydrogens (primary N) is 1. The van der Waals surface area contributed by atoms with Crippen molar-refractivity contribution in [2.75, 3.05) is 12.8 Å². The third-order valence-corrected chi connectivity index (χ3v) is 4.33. The van der Waals surface area contributed by atoms with Gasteiger partial charge in [-0.3, -0.25) is 0 Å². The van der Waals surface area contributed by atoms with Crippen molar-refractivity contribution < 1.29 is 13.9 Å². The van der Waals surface area contributed by atoms with Crippen LogP contribution >= 0.6 is 0 Å². The molecule has 0 aliphatic carbocycles. The summed E-state index contributed by atoms with van der Waals surface area (Å²) < 4.78 is 16.6. The van der Waals surface area contributed by atoms with Crippen LogP contribution in [0.3, 0.4) is 0 Å². The molecule has 0 spiro atoms. The van der Waals surface area contributed by atoms with Gasteiger partial charge in [-0.15, -0.1) is 5.10 Å². The highest BCUT2D eigenvalue weighted by Crippen LogP contribution is 2.30. The molecule has 4 aromatic rings. The van der Waals surface area contributed by atoms with Crippen molar-refractivity contribution in [3.63, 3.8) is 0 Å². The van der Waals surface area contributed by atoms with Gasteiger partial charge in [-0.05, 0) is 40.1 Å². The SMILES string of the molecule is COc1cc(/C=C/c2nnc(N)o2)ccc1OCc1cccc2ccccc12. The first-order chi connectivity index (χ1) is 13.7. The maximum absolute atomic E-state index is 6.04. The summed E-state index contributed by atoms with van der Waals surface area (Å²) in [6, 6.07) is 20.2. The Morgan fingerprint density at radius 1 is 0.964 bits per heavy atom. The van der Waals surface area contributed by atoms with Gasteiger partial charge >= 0.3 is 6.01 Å². The Kier molecular flexibility index (Phi) is 4.93. The highest BCUT2D eigenvalue weighted by Gasteiger charge is 2.07. The molecular weight excluding hydrogens is 354 g/mol. The van der Waals surface area contributed by atoms with Crippen molar-refractivity contribution in [3.05, 3.63) is 77.7 Å². The second-order valence-corrected chi connectivity index (χ2v) is 6.15. The molecular formula is C22H19N3O3. The number of anilines is 1. The molecule has 140 valence electrons. The van der Waals surface area contributed by atoms with Gasteiger partial charge in [0.2, 0.25) is 5.89 Å². The van der Waals surface area contributed by atoms with Gasteiger partial charge in [0, 0.05) is 6.08 Å². The molecule has 0 atom stereocenters. The molecule has 0 unspecified atom stereocenters. The molecule has 1 heterocycles. The summed E-state index contributed by atoms with van der Waals surface area (Å²) >= 11 is 0. The van der Waals surface area contributed by atoms with Crippen LogP contribution in [0, 0.1) is 0 Å². The van der Waals surface area contributed by atoms with Crippen molar-refractivity contribution in [3.8, 4) is 11.5 Å². The minimum atomic E-state index is 0.0365. The topological polar surface area (TPSA) is 83.4 Å². The van der Waals surface area contributed by atoms with Crippen LogP contribution in [-0.2, 0) is 6.61 Å². The van der Waals surface area contributed by atoms with Crippen LogP contribution in [0.15, 0.2) is 65.1 Å². The predicted octanol–water partition coefficient (Wildman–Crippen LogP) is 4.56. The molecule has 4 rings (SSSR count). The molecule has 0 fully saturated rings. The molecule has 1 aromatic heterocycles. The monoisotopic (exact) mass is 373 g/mol. The summed E-state index contributed by atoms with van der Waals surface area (Å²) in [4.78, 5) is 0. The molecule has 0 saturated carbocycles. The molecule has 0 saturated heterocycles. The lowest BCUT2D eigenvalue weighted by Crippen LogP contribution is -1.98. The van der Waals surface area contributed by atoms with Gasteiger partial charge in [0.1, 0.15) is 6.61 Å². The Hall–Kier alpha value is -3.80. The molecule has 2 N–H and O–H groups in total. The van der Waals surface area contributed by atoms with E-state index in [2.05, 4.69) is 34.5 Å². The lowest BCUT2D eigenvalue weighted by molar-refractivity contribution is 0.285. The number of ether oxygens (including phenoxy) is 2. The molecule has 0 amide bonds. The number of benzene rings is 3. The molecule has 0 radical (unpaired) electrons. The second-order valence-electron chi connectivity index (χ2n) is 6.15. The van der Waals surface area contributed by atoms with E-state index in [1.165, 1.54) is 10.8 Å². The van der Waals surface area contributed by atoms with Crippen LogP contribution in [-0.4, -0.2) is 17.3 Å². The van der Waals surface area contributed by atoms with Gasteiger partial charge in [-0.2, -0.15) is 0 Å². The molecule has 0 bridgehead atoms. The highest BCUT2D eigenvalue weighted by atomic mass is 16.5. The molecule has 6 nitrogen and oxygen atoms in total. The molecule has 0 aliphatic rings. The highest BCUT2D eigenvalue weighted by molar-refractivity contribution is 5.85. The number of methoxy groups -OCH3 is 1. The summed E-state index contributed by atoms with van der Waals surface area (Å²) in [5.41, 5.74) is 7.45. The normalized spacial score (nSPS) is 11.2. The van der Waals surface area contributed by atoms with E-state index in [1.54, 1.807) is 13.2 Å². The minimum Gasteiger partial charge on any atom is -0.493 e. The van der Waals surface area contributed by atoms with Crippen LogP contribution < -0.4 is 15.2 Å². The zero-order valence-corrected chi connectivity index (χ0v) is 15.3. The average Bonchev–Trinajstić information content (AvgIpc) is 3.16. The van der Waals surface area contributed by atoms with Gasteiger partial charge in [0.15, 0.2) is 11.5 Å². The van der Waals surface area contributed by atoms with Crippen molar-refractivity contribution in [2.45, 2.75) is 6.61 Å². The fraction of sp³-hybridized carbons (Fsp3) is 0.0909. The summed E-state index contributed by atoms with van der Waals surface area (Å²) in [6.07, 6.45) is 3.53. The predicted molar refractivity (Wildman–Crippen MR) is 109 cm³/mol. The maximum Gasteiger partial charge on any atom is 0.313 e. The average molecular weight is 373 g/mol. The number of nitrogen functional groups attached to an aromatic ring is 1. The number of hydrogen-bond acceptors (Lipinski definition) is 6. The molecule has 6 heteroatoms. The third-order valence-electron chi connectivity index (χ3n) is 4.33. The van der Waals surface area contributed by atoms with Crippen LogP contribution in [0.2, 0.25) is 0 Å². The zero-order chi connectivity index (χ0) is 19.3. The van der Waals surface area contributed by atoms with E-state index in [0.717, 1.165) is 11.1 Å². The van der Waals surface area contributed by atoms with Gasteiger partial charge in [0.05, 0.1) is 7.11 Å². The van der Waals surface area contributed by atoms with Crippen molar-refractivity contribution in [1.82, 2.24) is 10.2 Å². The van der Waals surface area contributed by atoms with Gasteiger partial charge < -0.3 is 19.6 Å². The molecule has 0 aliphatic heterocycles. The van der Waals surface area contributed by atoms with E-state index >= 15 is 0 Å². The summed E-state index contributed by atoms with van der Waals surface area (Å²) in [6.45, 7) is 0.453. The molecule has 3 aromatic carbocycles. The quantitative estimate of drug-likeness (QED) is 0.533. The van der Waals surface area contributed by atoms with Gasteiger partial charge in [-0.1, -0.05) is 53.6 Å². The smallest absolute Gasteiger partial charge is 0.313 e. The zero-order valence-electron chi connectivity index (χ0n) is 15.3. The Morgan fingerprint density at radius 2 is 1.82 bits per heavy atom. The Labute approximate surface area is 162 Å². The van der Waals surface area contributed by atoms with E-state index in [9.17, 15) is 0 Å². The Morgan fingerprint density at radius 3 is 2.64 bits per heavy atom. The largest absolute Gasteiger partial charge is 0.493 e. The Balaban J connectivity index is 1.52. The van der Waals surface area contributed by atoms with Crippen molar-refractivity contribution in [1.29, 1.82) is 0 Å². The lowest BCUT2D eigenvalue weighted by Gasteiger charge is -2.12. The fourth-order valence-electron chi connectivity index (χ4n) is 2.96. The fourth-order valence-corrected chi connectivity index (χ4v) is 2.96. The first kappa shape index (κ1) is 17.6. The van der Waals surface area contributed by atoms with E-state index in [1.807, 2.05) is 42.5 Å². The molecule has 28 heavy (non-hydrogen) atoms. The number of rotatable bonds is 6. The summed E-state index contributed by atoms with van der Waals surface area (Å²) in [7, 11) is 1.62. The van der Waals surface area contributed by atoms with Crippen molar-refractivity contribution >= 4 is 28.9 Å². The Bertz CT molecular complexity index is 1130. The van der Waals surface area contributed by atoms with E-state index in [-0.39, 0.29) is 6.01 Å². The number of hydrogen-bond donors (Lipinski definition) is 1. The van der Waals surface area contributed by atoms with Gasteiger partial charge in [0.25, 0.3) is 0 Å². The van der Waals surface area contributed by atoms with Crippen LogP contribution in [0.5, 0.6) is 11.5 Å². The van der Waals surface area contributed by atoms with Crippen molar-refractivity contribution in [2.24, 2.45) is 0 Å². The lowest BCUT2D eigenvalue weighted by atomic mass is 10.1. The third kappa shape index (κ3) is 3.81. The second kappa shape index (κ2) is 7.84. The van der Waals surface area contributed by atoms with Gasteiger partial charge in [-0.25, -0.2) is 0 Å². The van der Waals surface area contributed by atoms with E-state index in [4.69, 9.17) is 19.6 Å². The van der Waals surface area contributed by atoms with E-state index < -0.39 is 0 Å². The van der Waals surface area contributed by atoms with Crippen LogP contribution in [0.4, 0.5) is 6.01 Å². The summed E-state index contributed by atoms with van der Waals surface area (Å²) in [5, 5.41) is 9.79. The number of fused-ring (bicyclic) bond motifs is 1. The van der Waals surface area contributed by atoms with Crippen LogP contribution in [0.1, 0.15) is 17.0 Å². The van der Waals surface area contributed by atoms with Crippen LogP contribution in [0.25, 0.3) is 22.9 Å². The first-order valence-electron chi connectivity index (χ1n) is 8.77. The number of nitrogens with zero attached hydrogens (tertiary/aromatic N) is 2. The van der Waals surface area contributed by atoms with E-state index in [0.29, 0.717) is 24.0 Å². The minimum absolute atomic E-state index is 0.0365. The first-order valence-corrected chi connectivity index (χ1v) is 8.77. The standard InChI is InChI=1S/C22H19N3O3/c1-26-20-13-15(10-12-21-24-25-22(23)28-21)9-11-19(20)27-14-17-7-4-6-16-5-2-3-8-18(16)17/h2-13H,14H2,1H3,(H2,23,25)/b12-10+. The summed E-state index contributed by atoms with van der Waals surface area (Å²) in [5.74, 6) is 1.66. The maximum atomic E-state index is 6.04. The number of aromatic nitrogens is 2.